The van der Waals surface area contributed by atoms with E-state index in [1.54, 1.807) is 0 Å². The van der Waals surface area contributed by atoms with Gasteiger partial charge in [-0.05, 0) is 18.6 Å². The number of aryl methyl sites for hydroxylation is 1. The fourth-order valence-corrected chi connectivity index (χ4v) is 2.38. The lowest BCUT2D eigenvalue weighted by molar-refractivity contribution is -0.136. The molecular weight excluding hydrogens is 268 g/mol. The number of rotatable bonds is 5. The Bertz CT molecular complexity index is 571. The van der Waals surface area contributed by atoms with Gasteiger partial charge in [-0.25, -0.2) is 21.9 Å². The largest absolute Gasteiger partial charge is 0.481 e. The van der Waals surface area contributed by atoms with Crippen LogP contribution in [0.25, 0.3) is 0 Å². The van der Waals surface area contributed by atoms with E-state index in [9.17, 15) is 22.0 Å². The topological polar surface area (TPSA) is 83.5 Å². The van der Waals surface area contributed by atoms with Crippen LogP contribution in [0.1, 0.15) is 12.0 Å². The maximum Gasteiger partial charge on any atom is 0.304 e. The fourth-order valence-electron chi connectivity index (χ4n) is 1.21. The predicted molar refractivity (Wildman–Crippen MR) is 58.5 cm³/mol. The molecule has 0 bridgehead atoms. The third-order valence-corrected chi connectivity index (χ3v) is 3.61. The van der Waals surface area contributed by atoms with Gasteiger partial charge in [-0.15, -0.1) is 0 Å². The molecule has 2 N–H and O–H groups in total. The second-order valence-electron chi connectivity index (χ2n) is 3.57. The minimum absolute atomic E-state index is 0.0185. The highest BCUT2D eigenvalue weighted by molar-refractivity contribution is 7.89. The van der Waals surface area contributed by atoms with Crippen molar-refractivity contribution >= 4 is 16.0 Å². The molecule has 0 saturated carbocycles. The molecule has 18 heavy (non-hydrogen) atoms. The van der Waals surface area contributed by atoms with Gasteiger partial charge >= 0.3 is 5.97 Å². The zero-order valence-electron chi connectivity index (χ0n) is 9.41. The van der Waals surface area contributed by atoms with Gasteiger partial charge in [-0.2, -0.15) is 0 Å². The number of carboxylic acid groups (broad SMARTS) is 1. The summed E-state index contributed by atoms with van der Waals surface area (Å²) in [6.45, 7) is 0.929. The highest BCUT2D eigenvalue weighted by Crippen LogP contribution is 2.18. The van der Waals surface area contributed by atoms with Crippen LogP contribution >= 0.6 is 0 Å². The molecular formula is C10H11F2NO4S. The molecule has 0 aliphatic rings. The second-order valence-corrected chi connectivity index (χ2v) is 5.31. The fraction of sp³-hybridized carbons (Fsp3) is 0.300. The number of benzene rings is 1. The predicted octanol–water partition coefficient (Wildman–Crippen LogP) is 1.03. The first-order valence-corrected chi connectivity index (χ1v) is 6.39. The summed E-state index contributed by atoms with van der Waals surface area (Å²) < 4.78 is 51.5. The normalized spacial score (nSPS) is 11.5. The first-order valence-electron chi connectivity index (χ1n) is 4.91. The highest BCUT2D eigenvalue weighted by Gasteiger charge is 2.20. The van der Waals surface area contributed by atoms with E-state index in [2.05, 4.69) is 0 Å². The summed E-state index contributed by atoms with van der Waals surface area (Å²) in [4.78, 5) is 9.53. The lowest BCUT2D eigenvalue weighted by atomic mass is 10.2. The molecule has 0 heterocycles. The van der Waals surface area contributed by atoms with Crippen LogP contribution in [0.3, 0.4) is 0 Å². The van der Waals surface area contributed by atoms with Crippen molar-refractivity contribution in [2.24, 2.45) is 0 Å². The minimum Gasteiger partial charge on any atom is -0.481 e. The molecule has 0 radical (unpaired) electrons. The summed E-state index contributed by atoms with van der Waals surface area (Å²) in [6.07, 6.45) is -0.430. The Labute approximate surface area is 102 Å². The molecule has 0 atom stereocenters. The quantitative estimate of drug-likeness (QED) is 0.843. The van der Waals surface area contributed by atoms with Crippen LogP contribution in [0.4, 0.5) is 8.78 Å². The average molecular weight is 279 g/mol. The zero-order chi connectivity index (χ0) is 13.9. The maximum atomic E-state index is 13.3. The summed E-state index contributed by atoms with van der Waals surface area (Å²) in [5.41, 5.74) is -0.0185. The van der Waals surface area contributed by atoms with Crippen LogP contribution in [-0.2, 0) is 14.8 Å². The molecule has 0 fully saturated rings. The van der Waals surface area contributed by atoms with Crippen molar-refractivity contribution < 1.29 is 27.1 Å². The van der Waals surface area contributed by atoms with Crippen LogP contribution in [0.2, 0.25) is 0 Å². The molecule has 1 rings (SSSR count). The zero-order valence-corrected chi connectivity index (χ0v) is 10.2. The number of hydrogen-bond acceptors (Lipinski definition) is 3. The lowest BCUT2D eigenvalue weighted by Crippen LogP contribution is -2.27. The summed E-state index contributed by atoms with van der Waals surface area (Å²) in [7, 11) is -4.18. The van der Waals surface area contributed by atoms with Crippen molar-refractivity contribution in [3.05, 3.63) is 29.3 Å². The van der Waals surface area contributed by atoms with Crippen molar-refractivity contribution in [1.82, 2.24) is 4.72 Å². The van der Waals surface area contributed by atoms with Crippen LogP contribution < -0.4 is 4.72 Å². The monoisotopic (exact) mass is 279 g/mol. The molecule has 0 amide bonds. The number of halogens is 2. The Balaban J connectivity index is 2.98. The van der Waals surface area contributed by atoms with Crippen molar-refractivity contribution in [3.8, 4) is 0 Å². The number of hydrogen-bond donors (Lipinski definition) is 2. The van der Waals surface area contributed by atoms with E-state index in [1.807, 2.05) is 4.72 Å². The van der Waals surface area contributed by atoms with Crippen LogP contribution in [0.15, 0.2) is 17.0 Å². The molecule has 0 aliphatic heterocycles. The van der Waals surface area contributed by atoms with Crippen molar-refractivity contribution in [1.29, 1.82) is 0 Å². The summed E-state index contributed by atoms with van der Waals surface area (Å²) in [5.74, 6) is -3.26. The SMILES string of the molecule is Cc1cc(S(=O)(=O)NCCC(=O)O)c(F)cc1F. The number of carbonyl (C=O) groups is 1. The Hall–Kier alpha value is -1.54. The van der Waals surface area contributed by atoms with Gasteiger partial charge in [0.15, 0.2) is 0 Å². The first kappa shape index (κ1) is 14.5. The Morgan fingerprint density at radius 3 is 2.50 bits per heavy atom. The minimum atomic E-state index is -4.18. The number of nitrogens with one attached hydrogen (secondary N) is 1. The van der Waals surface area contributed by atoms with Gasteiger partial charge in [0, 0.05) is 12.6 Å². The van der Waals surface area contributed by atoms with Crippen molar-refractivity contribution in [3.63, 3.8) is 0 Å². The first-order chi connectivity index (χ1) is 8.24. The summed E-state index contributed by atoms with van der Waals surface area (Å²) in [6, 6.07) is 1.33. The summed E-state index contributed by atoms with van der Waals surface area (Å²) in [5, 5.41) is 8.36. The van der Waals surface area contributed by atoms with Gasteiger partial charge in [0.1, 0.15) is 16.5 Å². The van der Waals surface area contributed by atoms with E-state index < -0.39 is 38.9 Å². The lowest BCUT2D eigenvalue weighted by Gasteiger charge is -2.08. The third kappa shape index (κ3) is 3.47. The molecule has 1 aromatic carbocycles. The Morgan fingerprint density at radius 2 is 1.94 bits per heavy atom. The van der Waals surface area contributed by atoms with E-state index in [-0.39, 0.29) is 12.1 Å². The smallest absolute Gasteiger partial charge is 0.304 e. The molecule has 0 saturated heterocycles. The van der Waals surface area contributed by atoms with E-state index in [4.69, 9.17) is 5.11 Å². The van der Waals surface area contributed by atoms with Crippen LogP contribution in [0, 0.1) is 18.6 Å². The third-order valence-electron chi connectivity index (χ3n) is 2.13. The molecule has 1 aromatic rings. The Morgan fingerprint density at radius 1 is 1.33 bits per heavy atom. The van der Waals surface area contributed by atoms with Crippen molar-refractivity contribution in [2.75, 3.05) is 6.54 Å². The molecule has 0 spiro atoms. The average Bonchev–Trinajstić information content (AvgIpc) is 2.22. The molecule has 100 valence electrons. The maximum absolute atomic E-state index is 13.3. The van der Waals surface area contributed by atoms with E-state index >= 15 is 0 Å². The number of aliphatic carboxylic acids is 1. The van der Waals surface area contributed by atoms with Gasteiger partial charge in [-0.3, -0.25) is 4.79 Å². The number of sulfonamides is 1. The Kier molecular flexibility index (Phi) is 4.36. The van der Waals surface area contributed by atoms with E-state index in [1.165, 1.54) is 6.92 Å². The van der Waals surface area contributed by atoms with Gasteiger partial charge in [-0.1, -0.05) is 0 Å². The van der Waals surface area contributed by atoms with Gasteiger partial charge < -0.3 is 5.11 Å². The summed E-state index contributed by atoms with van der Waals surface area (Å²) >= 11 is 0. The second kappa shape index (κ2) is 5.40. The van der Waals surface area contributed by atoms with Gasteiger partial charge in [0.2, 0.25) is 10.0 Å². The number of carboxylic acids is 1. The van der Waals surface area contributed by atoms with Crippen LogP contribution in [-0.4, -0.2) is 26.0 Å². The molecule has 0 aromatic heterocycles. The molecule has 0 unspecified atom stereocenters. The standard InChI is InChI=1S/C10H11F2NO4S/c1-6-4-9(8(12)5-7(6)11)18(16,17)13-3-2-10(14)15/h4-5,13H,2-3H2,1H3,(H,14,15). The molecule has 8 heteroatoms. The highest BCUT2D eigenvalue weighted by atomic mass is 32.2. The van der Waals surface area contributed by atoms with E-state index in [0.717, 1.165) is 6.07 Å². The van der Waals surface area contributed by atoms with E-state index in [0.29, 0.717) is 6.07 Å². The van der Waals surface area contributed by atoms with Gasteiger partial charge in [0.25, 0.3) is 0 Å². The molecule has 0 aliphatic carbocycles. The van der Waals surface area contributed by atoms with Crippen molar-refractivity contribution in [2.45, 2.75) is 18.2 Å². The van der Waals surface area contributed by atoms with Gasteiger partial charge in [0.05, 0.1) is 6.42 Å². The van der Waals surface area contributed by atoms with Crippen LogP contribution in [0.5, 0.6) is 0 Å². The molecule has 5 nitrogen and oxygen atoms in total.